The lowest BCUT2D eigenvalue weighted by Gasteiger charge is -2.23. The number of hydrogen-bond donors (Lipinski definition) is 2. The van der Waals surface area contributed by atoms with Crippen molar-refractivity contribution >= 4 is 21.4 Å². The van der Waals surface area contributed by atoms with Crippen LogP contribution in [0.1, 0.15) is 25.3 Å². The van der Waals surface area contributed by atoms with E-state index in [1.165, 1.54) is 15.6 Å². The molecule has 0 fully saturated rings. The SMILES string of the molecule is CCNC(C)C(CO)c1ccc2sccc2c1. The minimum absolute atomic E-state index is 0.166. The molecule has 2 nitrogen and oxygen atoms in total. The lowest BCUT2D eigenvalue weighted by atomic mass is 9.92. The fraction of sp³-hybridized carbons (Fsp3) is 0.429. The van der Waals surface area contributed by atoms with E-state index in [1.54, 1.807) is 11.3 Å². The fourth-order valence-corrected chi connectivity index (χ4v) is 3.00. The zero-order valence-electron chi connectivity index (χ0n) is 10.3. The Labute approximate surface area is 106 Å². The highest BCUT2D eigenvalue weighted by molar-refractivity contribution is 7.17. The minimum atomic E-state index is 0.166. The number of fused-ring (bicyclic) bond motifs is 1. The number of likely N-dealkylation sites (N-methyl/N-ethyl adjacent to an activating group) is 1. The Morgan fingerprint density at radius 1 is 1.35 bits per heavy atom. The number of aliphatic hydroxyl groups excluding tert-OH is 1. The van der Waals surface area contributed by atoms with Crippen LogP contribution in [-0.2, 0) is 0 Å². The summed E-state index contributed by atoms with van der Waals surface area (Å²) in [5, 5.41) is 16.3. The van der Waals surface area contributed by atoms with E-state index in [1.807, 2.05) is 0 Å². The molecule has 1 aromatic carbocycles. The van der Waals surface area contributed by atoms with Crippen molar-refractivity contribution in [3.63, 3.8) is 0 Å². The molecule has 17 heavy (non-hydrogen) atoms. The number of thiophene rings is 1. The average molecular weight is 249 g/mol. The molecule has 0 saturated carbocycles. The summed E-state index contributed by atoms with van der Waals surface area (Å²) in [4.78, 5) is 0. The van der Waals surface area contributed by atoms with E-state index in [2.05, 4.69) is 48.8 Å². The molecule has 2 unspecified atom stereocenters. The van der Waals surface area contributed by atoms with E-state index in [0.717, 1.165) is 6.54 Å². The number of aliphatic hydroxyl groups is 1. The van der Waals surface area contributed by atoms with Crippen molar-refractivity contribution in [3.05, 3.63) is 35.2 Å². The second-order valence-corrected chi connectivity index (χ2v) is 5.30. The molecule has 1 aromatic heterocycles. The predicted octanol–water partition coefficient (Wildman–Crippen LogP) is 2.98. The highest BCUT2D eigenvalue weighted by Gasteiger charge is 2.17. The van der Waals surface area contributed by atoms with Crippen molar-refractivity contribution in [2.75, 3.05) is 13.2 Å². The van der Waals surface area contributed by atoms with Gasteiger partial charge in [0.1, 0.15) is 0 Å². The van der Waals surface area contributed by atoms with Crippen LogP contribution in [0.4, 0.5) is 0 Å². The maximum Gasteiger partial charge on any atom is 0.0514 e. The molecule has 2 rings (SSSR count). The van der Waals surface area contributed by atoms with Gasteiger partial charge in [-0.25, -0.2) is 0 Å². The molecule has 1 heterocycles. The third kappa shape index (κ3) is 2.68. The van der Waals surface area contributed by atoms with E-state index < -0.39 is 0 Å². The van der Waals surface area contributed by atoms with E-state index >= 15 is 0 Å². The largest absolute Gasteiger partial charge is 0.396 e. The van der Waals surface area contributed by atoms with Crippen LogP contribution in [-0.4, -0.2) is 24.3 Å². The van der Waals surface area contributed by atoms with Crippen molar-refractivity contribution < 1.29 is 5.11 Å². The summed E-state index contributed by atoms with van der Waals surface area (Å²) < 4.78 is 1.31. The van der Waals surface area contributed by atoms with Crippen LogP contribution in [0.5, 0.6) is 0 Å². The van der Waals surface area contributed by atoms with Crippen LogP contribution < -0.4 is 5.32 Å². The number of hydrogen-bond acceptors (Lipinski definition) is 3. The van der Waals surface area contributed by atoms with Gasteiger partial charge in [0, 0.05) is 16.7 Å². The lowest BCUT2D eigenvalue weighted by molar-refractivity contribution is 0.241. The minimum Gasteiger partial charge on any atom is -0.396 e. The van der Waals surface area contributed by atoms with Gasteiger partial charge < -0.3 is 10.4 Å². The number of rotatable bonds is 5. The quantitative estimate of drug-likeness (QED) is 0.854. The summed E-state index contributed by atoms with van der Waals surface area (Å²) in [5.74, 6) is 0.166. The van der Waals surface area contributed by atoms with Crippen LogP contribution in [0.15, 0.2) is 29.6 Å². The molecule has 0 saturated heterocycles. The zero-order valence-corrected chi connectivity index (χ0v) is 11.1. The van der Waals surface area contributed by atoms with Crippen molar-refractivity contribution in [1.29, 1.82) is 0 Å². The third-order valence-electron chi connectivity index (χ3n) is 3.23. The molecule has 0 aliphatic carbocycles. The van der Waals surface area contributed by atoms with Gasteiger partial charge in [0.25, 0.3) is 0 Å². The molecular formula is C14H19NOS. The molecule has 2 N–H and O–H groups in total. The van der Waals surface area contributed by atoms with Gasteiger partial charge in [-0.1, -0.05) is 13.0 Å². The van der Waals surface area contributed by atoms with Crippen molar-refractivity contribution in [1.82, 2.24) is 5.32 Å². The molecule has 3 heteroatoms. The molecular weight excluding hydrogens is 230 g/mol. The van der Waals surface area contributed by atoms with Crippen LogP contribution in [0.3, 0.4) is 0 Å². The van der Waals surface area contributed by atoms with Crippen molar-refractivity contribution in [2.24, 2.45) is 0 Å². The maximum atomic E-state index is 9.56. The zero-order chi connectivity index (χ0) is 12.3. The van der Waals surface area contributed by atoms with Gasteiger partial charge >= 0.3 is 0 Å². The molecule has 0 radical (unpaired) electrons. The van der Waals surface area contributed by atoms with Gasteiger partial charge in [-0.3, -0.25) is 0 Å². The fourth-order valence-electron chi connectivity index (χ4n) is 2.23. The normalized spacial score (nSPS) is 15.0. The monoisotopic (exact) mass is 249 g/mol. The van der Waals surface area contributed by atoms with E-state index in [9.17, 15) is 5.11 Å². The molecule has 0 bridgehead atoms. The smallest absolute Gasteiger partial charge is 0.0514 e. The first-order valence-corrected chi connectivity index (χ1v) is 6.95. The first kappa shape index (κ1) is 12.6. The summed E-state index contributed by atoms with van der Waals surface area (Å²) in [6.45, 7) is 5.33. The highest BCUT2D eigenvalue weighted by atomic mass is 32.1. The van der Waals surface area contributed by atoms with E-state index in [4.69, 9.17) is 0 Å². The van der Waals surface area contributed by atoms with Crippen molar-refractivity contribution in [3.8, 4) is 0 Å². The molecule has 0 aliphatic heterocycles. The van der Waals surface area contributed by atoms with E-state index in [0.29, 0.717) is 6.04 Å². The Hall–Kier alpha value is -0.900. The summed E-state index contributed by atoms with van der Waals surface area (Å²) in [7, 11) is 0. The molecule has 0 spiro atoms. The van der Waals surface area contributed by atoms with E-state index in [-0.39, 0.29) is 12.5 Å². The molecule has 2 aromatic rings. The maximum absolute atomic E-state index is 9.56. The van der Waals surface area contributed by atoms with Gasteiger partial charge in [0.05, 0.1) is 6.61 Å². The van der Waals surface area contributed by atoms with Crippen LogP contribution in [0.2, 0.25) is 0 Å². The Morgan fingerprint density at radius 3 is 2.88 bits per heavy atom. The Balaban J connectivity index is 2.28. The molecule has 0 aliphatic rings. The third-order valence-corrected chi connectivity index (χ3v) is 4.13. The summed E-state index contributed by atoms with van der Waals surface area (Å²) >= 11 is 1.76. The summed E-state index contributed by atoms with van der Waals surface area (Å²) in [6.07, 6.45) is 0. The molecule has 0 amide bonds. The molecule has 2 atom stereocenters. The van der Waals surface area contributed by atoms with Gasteiger partial charge in [0.15, 0.2) is 0 Å². The van der Waals surface area contributed by atoms with Crippen molar-refractivity contribution in [2.45, 2.75) is 25.8 Å². The van der Waals surface area contributed by atoms with Crippen LogP contribution in [0, 0.1) is 0 Å². The predicted molar refractivity (Wildman–Crippen MR) is 74.8 cm³/mol. The second kappa shape index (κ2) is 5.63. The standard InChI is InChI=1S/C14H19NOS/c1-3-15-10(2)13(9-16)11-4-5-14-12(8-11)6-7-17-14/h4-8,10,13,15-16H,3,9H2,1-2H3. The Morgan fingerprint density at radius 2 is 2.18 bits per heavy atom. The lowest BCUT2D eigenvalue weighted by Crippen LogP contribution is -2.33. The first-order valence-electron chi connectivity index (χ1n) is 6.07. The molecule has 92 valence electrons. The highest BCUT2D eigenvalue weighted by Crippen LogP contribution is 2.27. The Bertz CT molecular complexity index is 480. The van der Waals surface area contributed by atoms with Gasteiger partial charge in [0.2, 0.25) is 0 Å². The number of benzene rings is 1. The topological polar surface area (TPSA) is 32.3 Å². The van der Waals surface area contributed by atoms with Gasteiger partial charge in [-0.15, -0.1) is 11.3 Å². The second-order valence-electron chi connectivity index (χ2n) is 4.35. The van der Waals surface area contributed by atoms with Crippen LogP contribution >= 0.6 is 11.3 Å². The average Bonchev–Trinajstić information content (AvgIpc) is 2.77. The Kier molecular flexibility index (Phi) is 4.15. The van der Waals surface area contributed by atoms with Gasteiger partial charge in [-0.2, -0.15) is 0 Å². The summed E-state index contributed by atoms with van der Waals surface area (Å²) in [6, 6.07) is 8.90. The first-order chi connectivity index (χ1) is 8.26. The summed E-state index contributed by atoms with van der Waals surface area (Å²) in [5.41, 5.74) is 1.21. The number of nitrogens with one attached hydrogen (secondary N) is 1. The van der Waals surface area contributed by atoms with Crippen LogP contribution in [0.25, 0.3) is 10.1 Å². The van der Waals surface area contributed by atoms with Gasteiger partial charge in [-0.05, 0) is 48.0 Å².